The van der Waals surface area contributed by atoms with E-state index in [1.54, 1.807) is 11.8 Å². The topological polar surface area (TPSA) is 79.9 Å². The van der Waals surface area contributed by atoms with Crippen LogP contribution in [0, 0.1) is 0 Å². The Kier molecular flexibility index (Phi) is 3.12. The lowest BCUT2D eigenvalue weighted by molar-refractivity contribution is -0.117. The van der Waals surface area contributed by atoms with Crippen molar-refractivity contribution in [3.8, 4) is 6.01 Å². The molecule has 1 aromatic heterocycles. The maximum atomic E-state index is 12.2. The molecule has 0 spiro atoms. The Balaban J connectivity index is 1.75. The average molecular weight is 276 g/mol. The highest BCUT2D eigenvalue weighted by Crippen LogP contribution is 2.39. The van der Waals surface area contributed by atoms with Gasteiger partial charge in [-0.05, 0) is 11.6 Å². The Morgan fingerprint density at radius 3 is 3.16 bits per heavy atom. The van der Waals surface area contributed by atoms with Gasteiger partial charge in [-0.1, -0.05) is 18.2 Å². The van der Waals surface area contributed by atoms with Crippen molar-refractivity contribution in [1.82, 2.24) is 15.2 Å². The lowest BCUT2D eigenvalue weighted by Crippen LogP contribution is -2.21. The summed E-state index contributed by atoms with van der Waals surface area (Å²) in [5, 5.41) is 9.11. The van der Waals surface area contributed by atoms with Crippen LogP contribution in [0.3, 0.4) is 0 Å². The maximum Gasteiger partial charge on any atom is 0.336 e. The summed E-state index contributed by atoms with van der Waals surface area (Å²) in [5.74, 6) is 0.806. The molecule has 1 aliphatic heterocycles. The standard InChI is InChI=1S/C12H12N4O2S/c1-18-12-14-11(15-16-12)13-10(17)8-6-19-9-5-3-2-4-7(8)9/h2-5,8H,6H2,1H3,(H2,13,14,15,16,17). The second-order valence-corrected chi connectivity index (χ2v) is 5.12. The van der Waals surface area contributed by atoms with Crippen LogP contribution in [0.25, 0.3) is 0 Å². The Morgan fingerprint density at radius 2 is 2.37 bits per heavy atom. The Morgan fingerprint density at radius 1 is 1.53 bits per heavy atom. The van der Waals surface area contributed by atoms with Crippen LogP contribution in [0.2, 0.25) is 0 Å². The lowest BCUT2D eigenvalue weighted by Gasteiger charge is -2.09. The van der Waals surface area contributed by atoms with E-state index in [1.807, 2.05) is 24.3 Å². The average Bonchev–Trinajstić information content (AvgIpc) is 3.04. The predicted molar refractivity (Wildman–Crippen MR) is 71.5 cm³/mol. The molecule has 0 saturated carbocycles. The molecule has 1 aromatic carbocycles. The number of carbonyl (C=O) groups excluding carboxylic acids is 1. The predicted octanol–water partition coefficient (Wildman–Crippen LogP) is 1.64. The fourth-order valence-corrected chi connectivity index (χ4v) is 3.21. The number of hydrogen-bond donors (Lipinski definition) is 2. The SMILES string of the molecule is COc1n[nH]c(NC(=O)C2CSc3ccccc32)n1. The van der Waals surface area contributed by atoms with Crippen LogP contribution < -0.4 is 10.1 Å². The molecule has 2 N–H and O–H groups in total. The van der Waals surface area contributed by atoms with Crippen LogP contribution >= 0.6 is 11.8 Å². The van der Waals surface area contributed by atoms with E-state index in [0.717, 1.165) is 16.2 Å². The van der Waals surface area contributed by atoms with Crippen molar-refractivity contribution < 1.29 is 9.53 Å². The Hall–Kier alpha value is -2.02. The summed E-state index contributed by atoms with van der Waals surface area (Å²) < 4.78 is 4.85. The zero-order chi connectivity index (χ0) is 13.2. The first-order valence-electron chi connectivity index (χ1n) is 5.77. The lowest BCUT2D eigenvalue weighted by atomic mass is 10.0. The molecule has 0 radical (unpaired) electrons. The molecule has 1 atom stereocenters. The molecule has 19 heavy (non-hydrogen) atoms. The molecular formula is C12H12N4O2S. The van der Waals surface area contributed by atoms with Gasteiger partial charge in [0.15, 0.2) is 0 Å². The third kappa shape index (κ3) is 2.28. The van der Waals surface area contributed by atoms with Crippen LogP contribution in [0.4, 0.5) is 5.95 Å². The summed E-state index contributed by atoms with van der Waals surface area (Å²) in [5.41, 5.74) is 1.07. The minimum absolute atomic E-state index is 0.0868. The molecule has 6 nitrogen and oxygen atoms in total. The highest BCUT2D eigenvalue weighted by Gasteiger charge is 2.29. The first-order chi connectivity index (χ1) is 9.28. The van der Waals surface area contributed by atoms with E-state index in [-0.39, 0.29) is 17.8 Å². The van der Waals surface area contributed by atoms with Crippen molar-refractivity contribution in [3.63, 3.8) is 0 Å². The maximum absolute atomic E-state index is 12.2. The number of carbonyl (C=O) groups is 1. The monoisotopic (exact) mass is 276 g/mol. The number of nitrogens with one attached hydrogen (secondary N) is 2. The third-order valence-corrected chi connectivity index (χ3v) is 4.09. The highest BCUT2D eigenvalue weighted by atomic mass is 32.2. The van der Waals surface area contributed by atoms with E-state index >= 15 is 0 Å². The molecule has 0 saturated heterocycles. The molecule has 3 rings (SSSR count). The van der Waals surface area contributed by atoms with Gasteiger partial charge in [0.05, 0.1) is 13.0 Å². The summed E-state index contributed by atoms with van der Waals surface area (Å²) in [7, 11) is 1.47. The largest absolute Gasteiger partial charge is 0.466 e. The number of methoxy groups -OCH3 is 1. The van der Waals surface area contributed by atoms with Crippen LogP contribution in [-0.2, 0) is 4.79 Å². The highest BCUT2D eigenvalue weighted by molar-refractivity contribution is 7.99. The van der Waals surface area contributed by atoms with Gasteiger partial charge in [0.2, 0.25) is 11.9 Å². The summed E-state index contributed by atoms with van der Waals surface area (Å²) in [6.45, 7) is 0. The zero-order valence-corrected chi connectivity index (χ0v) is 11.0. The molecule has 2 aromatic rings. The van der Waals surface area contributed by atoms with Gasteiger partial charge in [-0.3, -0.25) is 10.1 Å². The molecule has 0 fully saturated rings. The molecule has 1 aliphatic rings. The minimum atomic E-state index is -0.155. The van der Waals surface area contributed by atoms with Crippen molar-refractivity contribution in [3.05, 3.63) is 29.8 Å². The fraction of sp³-hybridized carbons (Fsp3) is 0.250. The number of amides is 1. The number of H-pyrrole nitrogens is 1. The van der Waals surface area contributed by atoms with Gasteiger partial charge in [-0.25, -0.2) is 5.10 Å². The van der Waals surface area contributed by atoms with Crippen molar-refractivity contribution in [2.45, 2.75) is 10.8 Å². The van der Waals surface area contributed by atoms with Crippen molar-refractivity contribution in [2.75, 3.05) is 18.2 Å². The van der Waals surface area contributed by atoms with Crippen LogP contribution in [0.5, 0.6) is 6.01 Å². The molecule has 0 bridgehead atoms. The van der Waals surface area contributed by atoms with Crippen molar-refractivity contribution in [2.24, 2.45) is 0 Å². The first kappa shape index (κ1) is 12.0. The van der Waals surface area contributed by atoms with Gasteiger partial charge in [0, 0.05) is 10.6 Å². The third-order valence-electron chi connectivity index (χ3n) is 2.91. The quantitative estimate of drug-likeness (QED) is 0.891. The van der Waals surface area contributed by atoms with Gasteiger partial charge < -0.3 is 4.74 Å². The number of aromatic nitrogens is 3. The number of aromatic amines is 1. The number of anilines is 1. The smallest absolute Gasteiger partial charge is 0.336 e. The van der Waals surface area contributed by atoms with Gasteiger partial charge in [-0.2, -0.15) is 4.98 Å². The van der Waals surface area contributed by atoms with E-state index in [2.05, 4.69) is 20.5 Å². The Labute approximate surface area is 114 Å². The number of nitrogens with zero attached hydrogens (tertiary/aromatic N) is 2. The second kappa shape index (κ2) is 4.93. The molecule has 0 aliphatic carbocycles. The summed E-state index contributed by atoms with van der Waals surface area (Å²) >= 11 is 1.69. The summed E-state index contributed by atoms with van der Waals surface area (Å²) in [6, 6.07) is 8.15. The van der Waals surface area contributed by atoms with E-state index in [9.17, 15) is 4.79 Å². The van der Waals surface area contributed by atoms with Gasteiger partial charge in [0.25, 0.3) is 0 Å². The zero-order valence-electron chi connectivity index (χ0n) is 10.2. The van der Waals surface area contributed by atoms with Crippen molar-refractivity contribution in [1.29, 1.82) is 0 Å². The molecule has 2 heterocycles. The van der Waals surface area contributed by atoms with Gasteiger partial charge in [0.1, 0.15) is 0 Å². The minimum Gasteiger partial charge on any atom is -0.466 e. The summed E-state index contributed by atoms with van der Waals surface area (Å²) in [6.07, 6.45) is 0. The van der Waals surface area contributed by atoms with Crippen LogP contribution in [-0.4, -0.2) is 34.0 Å². The fourth-order valence-electron chi connectivity index (χ4n) is 1.98. The molecule has 7 heteroatoms. The van der Waals surface area contributed by atoms with Gasteiger partial charge >= 0.3 is 6.01 Å². The molecule has 1 unspecified atom stereocenters. The number of fused-ring (bicyclic) bond motifs is 1. The number of hydrogen-bond acceptors (Lipinski definition) is 5. The van der Waals surface area contributed by atoms with Gasteiger partial charge in [-0.15, -0.1) is 16.9 Å². The van der Waals surface area contributed by atoms with E-state index in [0.29, 0.717) is 5.95 Å². The number of ether oxygens (including phenoxy) is 1. The number of rotatable bonds is 3. The first-order valence-corrected chi connectivity index (χ1v) is 6.75. The number of benzene rings is 1. The molecular weight excluding hydrogens is 264 g/mol. The van der Waals surface area contributed by atoms with Crippen LogP contribution in [0.1, 0.15) is 11.5 Å². The van der Waals surface area contributed by atoms with E-state index in [4.69, 9.17) is 4.74 Å². The van der Waals surface area contributed by atoms with E-state index in [1.165, 1.54) is 7.11 Å². The second-order valence-electron chi connectivity index (χ2n) is 4.06. The van der Waals surface area contributed by atoms with Crippen molar-refractivity contribution >= 4 is 23.6 Å². The van der Waals surface area contributed by atoms with Crippen LogP contribution in [0.15, 0.2) is 29.2 Å². The summed E-state index contributed by atoms with van der Waals surface area (Å²) in [4.78, 5) is 17.4. The molecule has 98 valence electrons. The Bertz CT molecular complexity index is 613. The van der Waals surface area contributed by atoms with E-state index < -0.39 is 0 Å². The normalized spacial score (nSPS) is 17.0. The number of thioether (sulfide) groups is 1. The molecule has 1 amide bonds.